The summed E-state index contributed by atoms with van der Waals surface area (Å²) in [6.07, 6.45) is 4.34. The first kappa shape index (κ1) is 12.6. The Hall–Kier alpha value is -2.15. The summed E-state index contributed by atoms with van der Waals surface area (Å²) in [5.41, 5.74) is 3.26. The molecule has 7 heteroatoms. The van der Waals surface area contributed by atoms with Crippen molar-refractivity contribution in [3.63, 3.8) is 0 Å². The van der Waals surface area contributed by atoms with Crippen LogP contribution in [0.25, 0.3) is 5.65 Å². The van der Waals surface area contributed by atoms with Crippen LogP contribution in [-0.4, -0.2) is 26.2 Å². The number of ether oxygens (including phenoxy) is 1. The Bertz CT molecular complexity index is 816. The highest BCUT2D eigenvalue weighted by molar-refractivity contribution is 9.10. The van der Waals surface area contributed by atoms with E-state index in [9.17, 15) is 0 Å². The lowest BCUT2D eigenvalue weighted by Gasteiger charge is -2.10. The third-order valence-electron chi connectivity index (χ3n) is 3.57. The van der Waals surface area contributed by atoms with E-state index in [0.29, 0.717) is 6.54 Å². The second-order valence-electron chi connectivity index (χ2n) is 4.80. The molecule has 0 atom stereocenters. The summed E-state index contributed by atoms with van der Waals surface area (Å²) in [7, 11) is 0. The molecular weight excluding hydrogens is 334 g/mol. The third-order valence-corrected chi connectivity index (χ3v) is 4.13. The van der Waals surface area contributed by atoms with E-state index >= 15 is 0 Å². The zero-order chi connectivity index (χ0) is 14.2. The topological polar surface area (TPSA) is 64.3 Å². The molecule has 0 radical (unpaired) electrons. The van der Waals surface area contributed by atoms with Crippen LogP contribution in [0.4, 0.5) is 5.95 Å². The SMILES string of the molecule is Brc1cnc(NCc2cccc3c2CCO3)n2cnnc12. The van der Waals surface area contributed by atoms with Crippen LogP contribution in [0.2, 0.25) is 0 Å². The number of halogens is 1. The molecule has 0 spiro atoms. The van der Waals surface area contributed by atoms with Crippen molar-refractivity contribution in [2.24, 2.45) is 0 Å². The lowest BCUT2D eigenvalue weighted by Crippen LogP contribution is -2.07. The molecule has 0 unspecified atom stereocenters. The Morgan fingerprint density at radius 2 is 2.33 bits per heavy atom. The van der Waals surface area contributed by atoms with E-state index in [2.05, 4.69) is 42.5 Å². The second kappa shape index (κ2) is 5.00. The van der Waals surface area contributed by atoms with Crippen molar-refractivity contribution in [2.45, 2.75) is 13.0 Å². The summed E-state index contributed by atoms with van der Waals surface area (Å²) in [5.74, 6) is 1.71. The van der Waals surface area contributed by atoms with Gasteiger partial charge in [-0.15, -0.1) is 10.2 Å². The highest BCUT2D eigenvalue weighted by atomic mass is 79.9. The molecule has 106 valence electrons. The lowest BCUT2D eigenvalue weighted by molar-refractivity contribution is 0.357. The number of anilines is 1. The zero-order valence-corrected chi connectivity index (χ0v) is 12.7. The number of nitrogens with one attached hydrogen (secondary N) is 1. The number of aromatic nitrogens is 4. The maximum Gasteiger partial charge on any atom is 0.210 e. The van der Waals surface area contributed by atoms with Crippen molar-refractivity contribution < 1.29 is 4.74 Å². The average molecular weight is 346 g/mol. The van der Waals surface area contributed by atoms with Gasteiger partial charge in [0, 0.05) is 24.7 Å². The van der Waals surface area contributed by atoms with Crippen molar-refractivity contribution in [1.82, 2.24) is 19.6 Å². The number of nitrogens with zero attached hydrogens (tertiary/aromatic N) is 4. The van der Waals surface area contributed by atoms with E-state index in [1.54, 1.807) is 12.5 Å². The molecule has 1 aliphatic rings. The largest absolute Gasteiger partial charge is 0.493 e. The van der Waals surface area contributed by atoms with Gasteiger partial charge < -0.3 is 10.1 Å². The molecule has 0 saturated heterocycles. The van der Waals surface area contributed by atoms with Gasteiger partial charge in [0.1, 0.15) is 12.1 Å². The molecule has 0 fully saturated rings. The van der Waals surface area contributed by atoms with Crippen molar-refractivity contribution in [3.8, 4) is 5.75 Å². The number of hydrogen-bond donors (Lipinski definition) is 1. The van der Waals surface area contributed by atoms with Crippen molar-refractivity contribution in [1.29, 1.82) is 0 Å². The Morgan fingerprint density at radius 3 is 3.29 bits per heavy atom. The quantitative estimate of drug-likeness (QED) is 0.789. The fraction of sp³-hybridized carbons (Fsp3) is 0.214. The van der Waals surface area contributed by atoms with Gasteiger partial charge in [-0.3, -0.25) is 4.40 Å². The number of rotatable bonds is 3. The Morgan fingerprint density at radius 1 is 1.38 bits per heavy atom. The fourth-order valence-corrected chi connectivity index (χ4v) is 2.93. The third kappa shape index (κ3) is 2.13. The summed E-state index contributed by atoms with van der Waals surface area (Å²) in [6, 6.07) is 6.15. The summed E-state index contributed by atoms with van der Waals surface area (Å²) in [6.45, 7) is 1.45. The van der Waals surface area contributed by atoms with E-state index in [1.165, 1.54) is 11.1 Å². The molecule has 2 aromatic heterocycles. The van der Waals surface area contributed by atoms with Crippen LogP contribution in [-0.2, 0) is 13.0 Å². The minimum absolute atomic E-state index is 0.689. The number of benzene rings is 1. The van der Waals surface area contributed by atoms with Crippen LogP contribution in [0.15, 0.2) is 35.2 Å². The first-order chi connectivity index (χ1) is 10.3. The van der Waals surface area contributed by atoms with Crippen LogP contribution in [0.3, 0.4) is 0 Å². The van der Waals surface area contributed by atoms with Gasteiger partial charge >= 0.3 is 0 Å². The first-order valence-electron chi connectivity index (χ1n) is 6.64. The smallest absolute Gasteiger partial charge is 0.210 e. The van der Waals surface area contributed by atoms with Crippen LogP contribution in [0, 0.1) is 0 Å². The van der Waals surface area contributed by atoms with Gasteiger partial charge in [-0.05, 0) is 27.6 Å². The summed E-state index contributed by atoms with van der Waals surface area (Å²) < 4.78 is 8.23. The summed E-state index contributed by atoms with van der Waals surface area (Å²) in [5, 5.41) is 11.3. The molecule has 1 aliphatic heterocycles. The molecule has 1 aromatic carbocycles. The van der Waals surface area contributed by atoms with Crippen LogP contribution in [0.5, 0.6) is 5.75 Å². The van der Waals surface area contributed by atoms with E-state index in [1.807, 2.05) is 16.5 Å². The molecule has 4 rings (SSSR count). The molecule has 1 N–H and O–H groups in total. The summed E-state index contributed by atoms with van der Waals surface area (Å²) >= 11 is 3.42. The molecule has 0 bridgehead atoms. The zero-order valence-electron chi connectivity index (χ0n) is 11.1. The molecule has 0 amide bonds. The highest BCUT2D eigenvalue weighted by Gasteiger charge is 2.15. The highest BCUT2D eigenvalue weighted by Crippen LogP contribution is 2.28. The fourth-order valence-electron chi connectivity index (χ4n) is 2.55. The molecule has 0 saturated carbocycles. The summed E-state index contributed by atoms with van der Waals surface area (Å²) in [4.78, 5) is 4.38. The Kier molecular flexibility index (Phi) is 2.99. The van der Waals surface area contributed by atoms with Gasteiger partial charge in [0.25, 0.3) is 0 Å². The molecule has 0 aliphatic carbocycles. The average Bonchev–Trinajstić information content (AvgIpc) is 3.16. The molecule has 3 aromatic rings. The minimum atomic E-state index is 0.689. The van der Waals surface area contributed by atoms with Crippen molar-refractivity contribution in [3.05, 3.63) is 46.3 Å². The van der Waals surface area contributed by atoms with Crippen molar-refractivity contribution >= 4 is 27.5 Å². The molecule has 6 nitrogen and oxygen atoms in total. The van der Waals surface area contributed by atoms with Gasteiger partial charge in [-0.1, -0.05) is 12.1 Å². The number of fused-ring (bicyclic) bond motifs is 2. The molecular formula is C14H12BrN5O. The van der Waals surface area contributed by atoms with Crippen molar-refractivity contribution in [2.75, 3.05) is 11.9 Å². The first-order valence-corrected chi connectivity index (χ1v) is 7.44. The van der Waals surface area contributed by atoms with Gasteiger partial charge in [0.15, 0.2) is 5.65 Å². The Labute approximate surface area is 129 Å². The normalized spacial score (nSPS) is 13.2. The maximum atomic E-state index is 5.59. The standard InChI is InChI=1S/C14H12BrN5O/c15-11-7-17-14(20-8-18-19-13(11)20)16-6-9-2-1-3-12-10(9)4-5-21-12/h1-3,7-8H,4-6H2,(H,16,17). The van der Waals surface area contributed by atoms with E-state index < -0.39 is 0 Å². The van der Waals surface area contributed by atoms with Crippen LogP contribution < -0.4 is 10.1 Å². The van der Waals surface area contributed by atoms with Crippen LogP contribution in [0.1, 0.15) is 11.1 Å². The van der Waals surface area contributed by atoms with E-state index in [-0.39, 0.29) is 0 Å². The second-order valence-corrected chi connectivity index (χ2v) is 5.65. The monoisotopic (exact) mass is 345 g/mol. The van der Waals surface area contributed by atoms with Gasteiger partial charge in [0.2, 0.25) is 5.95 Å². The predicted molar refractivity (Wildman–Crippen MR) is 81.4 cm³/mol. The lowest BCUT2D eigenvalue weighted by atomic mass is 10.1. The minimum Gasteiger partial charge on any atom is -0.493 e. The van der Waals surface area contributed by atoms with Gasteiger partial charge in [0.05, 0.1) is 11.1 Å². The maximum absolute atomic E-state index is 5.59. The Balaban J connectivity index is 1.63. The predicted octanol–water partition coefficient (Wildman–Crippen LogP) is 2.43. The van der Waals surface area contributed by atoms with Gasteiger partial charge in [-0.2, -0.15) is 0 Å². The van der Waals surface area contributed by atoms with E-state index in [4.69, 9.17) is 4.74 Å². The number of hydrogen-bond acceptors (Lipinski definition) is 5. The van der Waals surface area contributed by atoms with E-state index in [0.717, 1.165) is 34.8 Å². The molecule has 3 heterocycles. The molecule has 21 heavy (non-hydrogen) atoms. The van der Waals surface area contributed by atoms with Gasteiger partial charge in [-0.25, -0.2) is 4.98 Å². The van der Waals surface area contributed by atoms with Crippen LogP contribution >= 0.6 is 15.9 Å².